The van der Waals surface area contributed by atoms with E-state index in [1.54, 1.807) is 0 Å². The van der Waals surface area contributed by atoms with Gasteiger partial charge in [-0.1, -0.05) is 0 Å². The van der Waals surface area contributed by atoms with Crippen molar-refractivity contribution in [2.45, 2.75) is 20.4 Å². The van der Waals surface area contributed by atoms with Crippen LogP contribution in [0, 0.1) is 6.92 Å². The zero-order valence-electron chi connectivity index (χ0n) is 8.32. The number of aryl methyl sites for hydroxylation is 2. The first kappa shape index (κ1) is 10.9. The number of anilines is 1. The van der Waals surface area contributed by atoms with Crippen molar-refractivity contribution in [2.24, 2.45) is 0 Å². The van der Waals surface area contributed by atoms with Crippen molar-refractivity contribution in [3.8, 4) is 0 Å². The summed E-state index contributed by atoms with van der Waals surface area (Å²) in [7, 11) is 0. The van der Waals surface area contributed by atoms with Crippen molar-refractivity contribution in [3.63, 3.8) is 0 Å². The van der Waals surface area contributed by atoms with Gasteiger partial charge in [0.2, 0.25) is 0 Å². The molecule has 0 saturated carbocycles. The van der Waals surface area contributed by atoms with Crippen LogP contribution in [0.2, 0.25) is 0 Å². The molecule has 2 N–H and O–H groups in total. The van der Waals surface area contributed by atoms with Crippen LogP contribution in [-0.2, 0) is 6.54 Å². The fraction of sp³-hybridized carbons (Fsp3) is 0.300. The number of imidazole rings is 1. The molecule has 2 rings (SSSR count). The number of hydrogen-bond acceptors (Lipinski definition) is 2. The number of rotatable bonds is 1. The zero-order valence-corrected chi connectivity index (χ0v) is 9.14. The summed E-state index contributed by atoms with van der Waals surface area (Å²) in [6.07, 6.45) is 0. The molecule has 0 amide bonds. The predicted molar refractivity (Wildman–Crippen MR) is 61.8 cm³/mol. The number of nitrogens with two attached hydrogens (primary N) is 1. The highest BCUT2D eigenvalue weighted by Crippen LogP contribution is 2.18. The third kappa shape index (κ3) is 1.55. The Morgan fingerprint density at radius 3 is 2.79 bits per heavy atom. The molecule has 14 heavy (non-hydrogen) atoms. The molecule has 0 saturated heterocycles. The first-order valence-corrected chi connectivity index (χ1v) is 4.44. The van der Waals surface area contributed by atoms with Gasteiger partial charge in [-0.25, -0.2) is 4.98 Å². The van der Waals surface area contributed by atoms with Gasteiger partial charge < -0.3 is 10.3 Å². The van der Waals surface area contributed by atoms with E-state index in [1.807, 2.05) is 25.1 Å². The summed E-state index contributed by atoms with van der Waals surface area (Å²) in [6.45, 7) is 5.08. The van der Waals surface area contributed by atoms with Crippen LogP contribution in [-0.4, -0.2) is 9.55 Å². The third-order valence-electron chi connectivity index (χ3n) is 2.28. The number of nitrogens with zero attached hydrogens (tertiary/aromatic N) is 2. The fourth-order valence-corrected chi connectivity index (χ4v) is 1.67. The van der Waals surface area contributed by atoms with Crippen LogP contribution < -0.4 is 5.73 Å². The fourth-order valence-electron chi connectivity index (χ4n) is 1.67. The molecule has 0 aliphatic rings. The Morgan fingerprint density at radius 2 is 2.14 bits per heavy atom. The standard InChI is InChI=1S/C10H13N3.ClH/c1-3-13-7(2)12-9-6-8(11)4-5-10(9)13;/h4-6H,3,11H2,1-2H3;1H. The van der Waals surface area contributed by atoms with E-state index >= 15 is 0 Å². The van der Waals surface area contributed by atoms with Crippen LogP contribution in [0.1, 0.15) is 12.7 Å². The molecule has 2 aromatic rings. The third-order valence-corrected chi connectivity index (χ3v) is 2.28. The highest BCUT2D eigenvalue weighted by Gasteiger charge is 2.04. The largest absolute Gasteiger partial charge is 0.399 e. The van der Waals surface area contributed by atoms with Crippen LogP contribution in [0.5, 0.6) is 0 Å². The van der Waals surface area contributed by atoms with Gasteiger partial charge in [0, 0.05) is 12.2 Å². The number of aromatic nitrogens is 2. The summed E-state index contributed by atoms with van der Waals surface area (Å²) < 4.78 is 2.18. The zero-order chi connectivity index (χ0) is 9.42. The van der Waals surface area contributed by atoms with Crippen molar-refractivity contribution >= 4 is 29.1 Å². The summed E-state index contributed by atoms with van der Waals surface area (Å²) in [4.78, 5) is 4.43. The quantitative estimate of drug-likeness (QED) is 0.736. The van der Waals surface area contributed by atoms with Crippen LogP contribution in [0.25, 0.3) is 11.0 Å². The van der Waals surface area contributed by atoms with Gasteiger partial charge in [-0.3, -0.25) is 0 Å². The highest BCUT2D eigenvalue weighted by molar-refractivity contribution is 5.85. The Labute approximate surface area is 89.3 Å². The monoisotopic (exact) mass is 211 g/mol. The summed E-state index contributed by atoms with van der Waals surface area (Å²) in [5.74, 6) is 1.04. The minimum atomic E-state index is 0. The second-order valence-electron chi connectivity index (χ2n) is 3.15. The van der Waals surface area contributed by atoms with E-state index in [2.05, 4.69) is 16.5 Å². The summed E-state index contributed by atoms with van der Waals surface area (Å²) >= 11 is 0. The van der Waals surface area contributed by atoms with Crippen molar-refractivity contribution in [3.05, 3.63) is 24.0 Å². The molecular formula is C10H14ClN3. The van der Waals surface area contributed by atoms with Crippen LogP contribution >= 0.6 is 12.4 Å². The molecule has 0 atom stereocenters. The molecule has 0 fully saturated rings. The maximum Gasteiger partial charge on any atom is 0.106 e. The highest BCUT2D eigenvalue weighted by atomic mass is 35.5. The van der Waals surface area contributed by atoms with Crippen molar-refractivity contribution in [1.82, 2.24) is 9.55 Å². The Bertz CT molecular complexity index is 448. The molecule has 0 unspecified atom stereocenters. The first-order valence-electron chi connectivity index (χ1n) is 4.44. The van der Waals surface area contributed by atoms with Gasteiger partial charge in [-0.05, 0) is 32.0 Å². The number of fused-ring (bicyclic) bond motifs is 1. The second-order valence-corrected chi connectivity index (χ2v) is 3.15. The van der Waals surface area contributed by atoms with E-state index in [4.69, 9.17) is 5.73 Å². The molecule has 3 nitrogen and oxygen atoms in total. The lowest BCUT2D eigenvalue weighted by Crippen LogP contribution is -1.96. The van der Waals surface area contributed by atoms with Gasteiger partial charge in [-0.2, -0.15) is 0 Å². The first-order chi connectivity index (χ1) is 6.22. The summed E-state index contributed by atoms with van der Waals surface area (Å²) in [6, 6.07) is 5.85. The summed E-state index contributed by atoms with van der Waals surface area (Å²) in [5, 5.41) is 0. The van der Waals surface area contributed by atoms with Gasteiger partial charge in [0.05, 0.1) is 11.0 Å². The lowest BCUT2D eigenvalue weighted by atomic mass is 10.3. The Kier molecular flexibility index (Phi) is 3.01. The van der Waals surface area contributed by atoms with Crippen molar-refractivity contribution in [1.29, 1.82) is 0 Å². The lowest BCUT2D eigenvalue weighted by molar-refractivity contribution is 0.753. The van der Waals surface area contributed by atoms with E-state index in [0.29, 0.717) is 0 Å². The summed E-state index contributed by atoms with van der Waals surface area (Å²) in [5.41, 5.74) is 8.59. The molecule has 0 aliphatic heterocycles. The smallest absolute Gasteiger partial charge is 0.106 e. The van der Waals surface area contributed by atoms with E-state index < -0.39 is 0 Å². The van der Waals surface area contributed by atoms with Crippen molar-refractivity contribution in [2.75, 3.05) is 5.73 Å². The Balaban J connectivity index is 0.000000980. The van der Waals surface area contributed by atoms with E-state index in [9.17, 15) is 0 Å². The number of hydrogen-bond donors (Lipinski definition) is 1. The maximum atomic E-state index is 5.68. The molecule has 0 aliphatic carbocycles. The SMILES string of the molecule is CCn1c(C)nc2cc(N)ccc21.Cl. The molecule has 76 valence electrons. The maximum absolute atomic E-state index is 5.68. The Morgan fingerprint density at radius 1 is 1.43 bits per heavy atom. The minimum Gasteiger partial charge on any atom is -0.399 e. The second kappa shape index (κ2) is 3.88. The topological polar surface area (TPSA) is 43.8 Å². The van der Waals surface area contributed by atoms with E-state index in [-0.39, 0.29) is 12.4 Å². The lowest BCUT2D eigenvalue weighted by Gasteiger charge is -2.00. The molecule has 4 heteroatoms. The minimum absolute atomic E-state index is 0. The van der Waals surface area contributed by atoms with Crippen LogP contribution in [0.3, 0.4) is 0 Å². The van der Waals surface area contributed by atoms with Gasteiger partial charge >= 0.3 is 0 Å². The number of benzene rings is 1. The average Bonchev–Trinajstić information content (AvgIpc) is 2.39. The molecule has 0 bridgehead atoms. The Hall–Kier alpha value is -1.22. The van der Waals surface area contributed by atoms with Gasteiger partial charge in [-0.15, -0.1) is 12.4 Å². The van der Waals surface area contributed by atoms with Crippen LogP contribution in [0.15, 0.2) is 18.2 Å². The average molecular weight is 212 g/mol. The molecule has 0 spiro atoms. The number of nitrogen functional groups attached to an aromatic ring is 1. The molecule has 1 aromatic carbocycles. The van der Waals surface area contributed by atoms with Gasteiger partial charge in [0.15, 0.2) is 0 Å². The van der Waals surface area contributed by atoms with Gasteiger partial charge in [0.1, 0.15) is 5.82 Å². The molecular weight excluding hydrogens is 198 g/mol. The van der Waals surface area contributed by atoms with Crippen molar-refractivity contribution < 1.29 is 0 Å². The van der Waals surface area contributed by atoms with E-state index in [0.717, 1.165) is 29.1 Å². The predicted octanol–water partition coefficient (Wildman–Crippen LogP) is 2.37. The molecule has 1 heterocycles. The molecule has 1 aromatic heterocycles. The number of halogens is 1. The van der Waals surface area contributed by atoms with E-state index in [1.165, 1.54) is 0 Å². The normalized spacial score (nSPS) is 10.1. The molecule has 0 radical (unpaired) electrons. The van der Waals surface area contributed by atoms with Crippen LogP contribution in [0.4, 0.5) is 5.69 Å². The van der Waals surface area contributed by atoms with Gasteiger partial charge in [0.25, 0.3) is 0 Å².